The molecule has 0 bridgehead atoms. The highest BCUT2D eigenvalue weighted by atomic mass is 19.4. The van der Waals surface area contributed by atoms with Crippen molar-refractivity contribution >= 4 is 5.91 Å². The molecule has 2 aromatic rings. The van der Waals surface area contributed by atoms with Gasteiger partial charge in [0, 0.05) is 19.8 Å². The maximum absolute atomic E-state index is 13.5. The maximum Gasteiger partial charge on any atom is 0.434 e. The van der Waals surface area contributed by atoms with Crippen LogP contribution in [0.2, 0.25) is 0 Å². The highest BCUT2D eigenvalue weighted by Crippen LogP contribution is 2.33. The monoisotopic (exact) mass is 355 g/mol. The minimum Gasteiger partial charge on any atom is -0.385 e. The Balaban J connectivity index is 2.36. The van der Waals surface area contributed by atoms with Gasteiger partial charge in [0.05, 0.1) is 17.4 Å². The smallest absolute Gasteiger partial charge is 0.385 e. The number of ether oxygens (including phenoxy) is 1. The summed E-state index contributed by atoms with van der Waals surface area (Å²) in [7, 11) is 1.52. The van der Waals surface area contributed by atoms with E-state index in [1.165, 1.54) is 19.2 Å². The molecule has 0 aliphatic rings. The van der Waals surface area contributed by atoms with E-state index in [2.05, 4.69) is 10.4 Å². The number of hydrogen-bond donors (Lipinski definition) is 1. The van der Waals surface area contributed by atoms with E-state index >= 15 is 0 Å². The highest BCUT2D eigenvalue weighted by Gasteiger charge is 2.40. The van der Waals surface area contributed by atoms with Crippen molar-refractivity contribution in [1.29, 1.82) is 0 Å². The lowest BCUT2D eigenvalue weighted by molar-refractivity contribution is -0.143. The van der Waals surface area contributed by atoms with Crippen molar-refractivity contribution in [3.63, 3.8) is 0 Å². The molecule has 1 amide bonds. The van der Waals surface area contributed by atoms with Crippen molar-refractivity contribution in [2.75, 3.05) is 13.7 Å². The van der Waals surface area contributed by atoms with Gasteiger partial charge >= 0.3 is 6.18 Å². The number of aromatic nitrogens is 2. The molecule has 1 N–H and O–H groups in total. The third kappa shape index (κ3) is 4.60. The molecule has 0 radical (unpaired) electrons. The van der Waals surface area contributed by atoms with Crippen LogP contribution < -0.4 is 5.32 Å². The molecule has 0 aliphatic heterocycles. The molecule has 0 unspecified atom stereocenters. The summed E-state index contributed by atoms with van der Waals surface area (Å²) in [5, 5.41) is 6.33. The molecule has 136 valence electrons. The summed E-state index contributed by atoms with van der Waals surface area (Å²) in [6, 6.07) is 6.10. The first-order valence-electron chi connectivity index (χ1n) is 7.76. The van der Waals surface area contributed by atoms with E-state index in [-0.39, 0.29) is 11.7 Å². The first kappa shape index (κ1) is 19.0. The molecule has 0 aliphatic carbocycles. The molecule has 1 aromatic carbocycles. The standard InChI is InChI=1S/C17H20F3N3O2/c1-11-4-6-13(7-5-11)23-15(17(18,19)20)14(10-21-23)16(24)22-12(2)8-9-25-3/h4-7,10,12H,8-9H2,1-3H3,(H,22,24)/t12-/m0/s1. The molecule has 1 aromatic heterocycles. The Morgan fingerprint density at radius 2 is 1.96 bits per heavy atom. The van der Waals surface area contributed by atoms with Crippen molar-refractivity contribution < 1.29 is 22.7 Å². The van der Waals surface area contributed by atoms with E-state index in [1.54, 1.807) is 19.1 Å². The van der Waals surface area contributed by atoms with Crippen LogP contribution in [0.3, 0.4) is 0 Å². The van der Waals surface area contributed by atoms with Crippen molar-refractivity contribution in [2.24, 2.45) is 0 Å². The van der Waals surface area contributed by atoms with Crippen LogP contribution in [-0.2, 0) is 10.9 Å². The van der Waals surface area contributed by atoms with Gasteiger partial charge in [-0.3, -0.25) is 4.79 Å². The van der Waals surface area contributed by atoms with Gasteiger partial charge in [-0.1, -0.05) is 17.7 Å². The number of nitrogens with zero attached hydrogens (tertiary/aromatic N) is 2. The Morgan fingerprint density at radius 3 is 2.52 bits per heavy atom. The fourth-order valence-electron chi connectivity index (χ4n) is 2.34. The SMILES string of the molecule is COCC[C@H](C)NC(=O)c1cnn(-c2ccc(C)cc2)c1C(F)(F)F. The van der Waals surface area contributed by atoms with Crippen molar-refractivity contribution in [1.82, 2.24) is 15.1 Å². The predicted octanol–water partition coefficient (Wildman–Crippen LogP) is 3.35. The normalized spacial score (nSPS) is 12.9. The molecular formula is C17H20F3N3O2. The lowest BCUT2D eigenvalue weighted by Gasteiger charge is -2.15. The molecule has 1 heterocycles. The fourth-order valence-corrected chi connectivity index (χ4v) is 2.34. The number of benzene rings is 1. The molecule has 1 atom stereocenters. The number of alkyl halides is 3. The molecule has 0 spiro atoms. The molecule has 2 rings (SSSR count). The molecule has 0 saturated carbocycles. The second-order valence-electron chi connectivity index (χ2n) is 5.81. The second-order valence-corrected chi connectivity index (χ2v) is 5.81. The number of aryl methyl sites for hydroxylation is 1. The van der Waals surface area contributed by atoms with Gasteiger partial charge in [0.1, 0.15) is 0 Å². The van der Waals surface area contributed by atoms with E-state index in [4.69, 9.17) is 4.74 Å². The Labute approximate surface area is 143 Å². The molecule has 25 heavy (non-hydrogen) atoms. The van der Waals surface area contributed by atoms with Crippen LogP contribution >= 0.6 is 0 Å². The van der Waals surface area contributed by atoms with Crippen LogP contribution in [0.1, 0.15) is 35.0 Å². The van der Waals surface area contributed by atoms with Crippen LogP contribution in [0.4, 0.5) is 13.2 Å². The first-order valence-corrected chi connectivity index (χ1v) is 7.76. The zero-order valence-electron chi connectivity index (χ0n) is 14.2. The van der Waals surface area contributed by atoms with Gasteiger partial charge in [0.15, 0.2) is 5.69 Å². The Morgan fingerprint density at radius 1 is 1.32 bits per heavy atom. The van der Waals surface area contributed by atoms with Gasteiger partial charge in [-0.05, 0) is 32.4 Å². The van der Waals surface area contributed by atoms with E-state index in [0.717, 1.165) is 16.4 Å². The molecule has 0 fully saturated rings. The molecule has 5 nitrogen and oxygen atoms in total. The topological polar surface area (TPSA) is 56.1 Å². The fraction of sp³-hybridized carbons (Fsp3) is 0.412. The number of carbonyl (C=O) groups is 1. The van der Waals surface area contributed by atoms with Gasteiger partial charge in [0.2, 0.25) is 0 Å². The molecular weight excluding hydrogens is 335 g/mol. The van der Waals surface area contributed by atoms with Crippen LogP contribution in [0, 0.1) is 6.92 Å². The lowest BCUT2D eigenvalue weighted by atomic mass is 10.1. The van der Waals surface area contributed by atoms with Crippen LogP contribution in [0.5, 0.6) is 0 Å². The Hall–Kier alpha value is -2.35. The van der Waals surface area contributed by atoms with Gasteiger partial charge < -0.3 is 10.1 Å². The van der Waals surface area contributed by atoms with E-state index in [0.29, 0.717) is 13.0 Å². The summed E-state index contributed by atoms with van der Waals surface area (Å²) in [5.41, 5.74) is -0.441. The third-order valence-electron chi connectivity index (χ3n) is 3.69. The highest BCUT2D eigenvalue weighted by molar-refractivity contribution is 5.95. The number of amides is 1. The zero-order chi connectivity index (χ0) is 18.6. The summed E-state index contributed by atoms with van der Waals surface area (Å²) in [6.45, 7) is 3.93. The van der Waals surface area contributed by atoms with Gasteiger partial charge in [-0.2, -0.15) is 18.3 Å². The predicted molar refractivity (Wildman–Crippen MR) is 86.7 cm³/mol. The summed E-state index contributed by atoms with van der Waals surface area (Å²) in [6.07, 6.45) is -3.28. The Kier molecular flexibility index (Phi) is 5.84. The van der Waals surface area contributed by atoms with Crippen molar-refractivity contribution in [2.45, 2.75) is 32.5 Å². The van der Waals surface area contributed by atoms with E-state index in [1.807, 2.05) is 6.92 Å². The number of halogens is 3. The summed E-state index contributed by atoms with van der Waals surface area (Å²) in [5.74, 6) is -0.811. The molecule has 8 heteroatoms. The van der Waals surface area contributed by atoms with E-state index in [9.17, 15) is 18.0 Å². The van der Waals surface area contributed by atoms with Gasteiger partial charge in [-0.15, -0.1) is 0 Å². The van der Waals surface area contributed by atoms with Gasteiger partial charge in [-0.25, -0.2) is 4.68 Å². The zero-order valence-corrected chi connectivity index (χ0v) is 14.2. The van der Waals surface area contributed by atoms with Crippen LogP contribution in [-0.4, -0.2) is 35.4 Å². The van der Waals surface area contributed by atoms with E-state index < -0.39 is 23.3 Å². The number of nitrogens with one attached hydrogen (secondary N) is 1. The average Bonchev–Trinajstić information content (AvgIpc) is 2.99. The van der Waals surface area contributed by atoms with Crippen LogP contribution in [0.15, 0.2) is 30.5 Å². The number of rotatable bonds is 6. The van der Waals surface area contributed by atoms with Crippen molar-refractivity contribution in [3.05, 3.63) is 47.3 Å². The summed E-state index contributed by atoms with van der Waals surface area (Å²) < 4.78 is 46.3. The summed E-state index contributed by atoms with van der Waals surface area (Å²) in [4.78, 5) is 12.3. The quantitative estimate of drug-likeness (QED) is 0.865. The number of hydrogen-bond acceptors (Lipinski definition) is 3. The lowest BCUT2D eigenvalue weighted by Crippen LogP contribution is -2.34. The average molecular weight is 355 g/mol. The third-order valence-corrected chi connectivity index (χ3v) is 3.69. The minimum atomic E-state index is -4.72. The van der Waals surface area contributed by atoms with Gasteiger partial charge in [0.25, 0.3) is 5.91 Å². The minimum absolute atomic E-state index is 0.240. The maximum atomic E-state index is 13.5. The molecule has 0 saturated heterocycles. The first-order chi connectivity index (χ1) is 11.7. The summed E-state index contributed by atoms with van der Waals surface area (Å²) >= 11 is 0. The number of methoxy groups -OCH3 is 1. The number of carbonyl (C=O) groups excluding carboxylic acids is 1. The largest absolute Gasteiger partial charge is 0.434 e. The van der Waals surface area contributed by atoms with Crippen LogP contribution in [0.25, 0.3) is 5.69 Å². The Bertz CT molecular complexity index is 724. The second kappa shape index (κ2) is 7.69. The van der Waals surface area contributed by atoms with Crippen molar-refractivity contribution in [3.8, 4) is 5.69 Å².